The fraction of sp³-hybridized carbons (Fsp3) is 0.333. The Balaban J connectivity index is 1.52. The van der Waals surface area contributed by atoms with E-state index < -0.39 is 0 Å². The molecule has 1 fully saturated rings. The molecule has 0 aliphatic heterocycles. The molecule has 21 heavy (non-hydrogen) atoms. The second-order valence-corrected chi connectivity index (χ2v) is 6.73. The number of rotatable bonds is 4. The van der Waals surface area contributed by atoms with E-state index in [2.05, 4.69) is 36.5 Å². The van der Waals surface area contributed by atoms with Gasteiger partial charge in [0.1, 0.15) is 0 Å². The zero-order valence-corrected chi connectivity index (χ0v) is 13.5. The van der Waals surface area contributed by atoms with E-state index in [0.717, 1.165) is 10.0 Å². The topological polar surface area (TPSA) is 12.0 Å². The van der Waals surface area contributed by atoms with Crippen molar-refractivity contribution in [3.05, 3.63) is 69.7 Å². The molecule has 1 N–H and O–H groups in total. The van der Waals surface area contributed by atoms with Gasteiger partial charge in [-0.3, -0.25) is 0 Å². The Hall–Kier alpha value is -1.02. The van der Waals surface area contributed by atoms with E-state index in [-0.39, 0.29) is 0 Å². The van der Waals surface area contributed by atoms with Gasteiger partial charge in [-0.05, 0) is 61.1 Å². The van der Waals surface area contributed by atoms with Crippen molar-refractivity contribution in [3.63, 3.8) is 0 Å². The minimum absolute atomic E-state index is 0.360. The SMILES string of the molecule is C[C@@H](NC1CC(c2ccc(Cl)cc2)C1)c1ccc(Cl)cc1. The minimum Gasteiger partial charge on any atom is -0.307 e. The fourth-order valence-electron chi connectivity index (χ4n) is 2.96. The van der Waals surface area contributed by atoms with Crippen LogP contribution in [-0.2, 0) is 0 Å². The largest absolute Gasteiger partial charge is 0.307 e. The number of halogens is 2. The second-order valence-electron chi connectivity index (χ2n) is 5.86. The summed E-state index contributed by atoms with van der Waals surface area (Å²) in [6, 6.07) is 17.3. The molecule has 3 heteroatoms. The number of hydrogen-bond donors (Lipinski definition) is 1. The smallest absolute Gasteiger partial charge is 0.0406 e. The van der Waals surface area contributed by atoms with Crippen LogP contribution in [0.15, 0.2) is 48.5 Å². The Morgan fingerprint density at radius 2 is 1.43 bits per heavy atom. The first kappa shape index (κ1) is 14.9. The monoisotopic (exact) mass is 319 g/mol. The van der Waals surface area contributed by atoms with Crippen LogP contribution in [0.1, 0.15) is 42.9 Å². The standard InChI is InChI=1S/C18H19Cl2N/c1-12(13-2-6-16(19)7-3-13)21-18-10-15(11-18)14-4-8-17(20)9-5-14/h2-9,12,15,18,21H,10-11H2,1H3/t12-,15?,18?/m1/s1. The summed E-state index contributed by atoms with van der Waals surface area (Å²) >= 11 is 11.9. The van der Waals surface area contributed by atoms with Gasteiger partial charge in [0, 0.05) is 22.1 Å². The number of hydrogen-bond acceptors (Lipinski definition) is 1. The highest BCUT2D eigenvalue weighted by Gasteiger charge is 2.30. The highest BCUT2D eigenvalue weighted by Crippen LogP contribution is 2.38. The Morgan fingerprint density at radius 1 is 0.905 bits per heavy atom. The summed E-state index contributed by atoms with van der Waals surface area (Å²) in [4.78, 5) is 0. The molecule has 1 aliphatic carbocycles. The van der Waals surface area contributed by atoms with Crippen LogP contribution in [0.3, 0.4) is 0 Å². The van der Waals surface area contributed by atoms with Crippen molar-refractivity contribution in [1.82, 2.24) is 5.32 Å². The van der Waals surface area contributed by atoms with Crippen LogP contribution in [0.25, 0.3) is 0 Å². The molecule has 1 saturated carbocycles. The molecule has 0 amide bonds. The van der Waals surface area contributed by atoms with Gasteiger partial charge in [0.05, 0.1) is 0 Å². The van der Waals surface area contributed by atoms with Gasteiger partial charge in [-0.1, -0.05) is 47.5 Å². The lowest BCUT2D eigenvalue weighted by Crippen LogP contribution is -2.41. The average molecular weight is 320 g/mol. The van der Waals surface area contributed by atoms with Gasteiger partial charge in [-0.2, -0.15) is 0 Å². The molecule has 0 saturated heterocycles. The molecule has 0 radical (unpaired) electrons. The molecular weight excluding hydrogens is 301 g/mol. The van der Waals surface area contributed by atoms with E-state index in [1.807, 2.05) is 24.3 Å². The normalized spacial score (nSPS) is 22.6. The molecule has 0 aromatic heterocycles. The van der Waals surface area contributed by atoms with Gasteiger partial charge in [-0.25, -0.2) is 0 Å². The Bertz CT molecular complexity index is 586. The Kier molecular flexibility index (Phi) is 4.54. The van der Waals surface area contributed by atoms with Crippen molar-refractivity contribution < 1.29 is 0 Å². The van der Waals surface area contributed by atoms with E-state index in [1.54, 1.807) is 0 Å². The van der Waals surface area contributed by atoms with Crippen molar-refractivity contribution in [3.8, 4) is 0 Å². The maximum absolute atomic E-state index is 5.93. The summed E-state index contributed by atoms with van der Waals surface area (Å²) in [6.45, 7) is 2.21. The van der Waals surface area contributed by atoms with Crippen LogP contribution in [0.2, 0.25) is 10.0 Å². The third-order valence-electron chi connectivity index (χ3n) is 4.34. The van der Waals surface area contributed by atoms with Gasteiger partial charge < -0.3 is 5.32 Å². The van der Waals surface area contributed by atoms with E-state index in [4.69, 9.17) is 23.2 Å². The van der Waals surface area contributed by atoms with Crippen LogP contribution < -0.4 is 5.32 Å². The summed E-state index contributed by atoms with van der Waals surface area (Å²) in [6.07, 6.45) is 2.39. The predicted molar refractivity (Wildman–Crippen MR) is 90.2 cm³/mol. The zero-order valence-electron chi connectivity index (χ0n) is 12.0. The van der Waals surface area contributed by atoms with Crippen LogP contribution in [0.4, 0.5) is 0 Å². The van der Waals surface area contributed by atoms with Gasteiger partial charge in [0.25, 0.3) is 0 Å². The first-order chi connectivity index (χ1) is 10.1. The van der Waals surface area contributed by atoms with Crippen molar-refractivity contribution in [2.75, 3.05) is 0 Å². The molecule has 0 spiro atoms. The third-order valence-corrected chi connectivity index (χ3v) is 4.84. The zero-order chi connectivity index (χ0) is 14.8. The maximum atomic E-state index is 5.93. The fourth-order valence-corrected chi connectivity index (χ4v) is 3.21. The van der Waals surface area contributed by atoms with Crippen molar-refractivity contribution in [1.29, 1.82) is 0 Å². The average Bonchev–Trinajstić information content (AvgIpc) is 2.44. The lowest BCUT2D eigenvalue weighted by Gasteiger charge is -2.38. The van der Waals surface area contributed by atoms with E-state index >= 15 is 0 Å². The van der Waals surface area contributed by atoms with Crippen molar-refractivity contribution in [2.24, 2.45) is 0 Å². The third kappa shape index (κ3) is 3.60. The van der Waals surface area contributed by atoms with Crippen LogP contribution in [0, 0.1) is 0 Å². The molecule has 110 valence electrons. The van der Waals surface area contributed by atoms with Gasteiger partial charge in [-0.15, -0.1) is 0 Å². The lowest BCUT2D eigenvalue weighted by molar-refractivity contribution is 0.271. The number of nitrogens with one attached hydrogen (secondary N) is 1. The number of benzene rings is 2. The van der Waals surface area contributed by atoms with Gasteiger partial charge in [0.2, 0.25) is 0 Å². The lowest BCUT2D eigenvalue weighted by atomic mass is 9.75. The van der Waals surface area contributed by atoms with E-state index in [0.29, 0.717) is 18.0 Å². The van der Waals surface area contributed by atoms with Gasteiger partial charge in [0.15, 0.2) is 0 Å². The molecule has 1 nitrogen and oxygen atoms in total. The highest BCUT2D eigenvalue weighted by molar-refractivity contribution is 6.30. The van der Waals surface area contributed by atoms with Crippen LogP contribution in [0.5, 0.6) is 0 Å². The Morgan fingerprint density at radius 3 is 2.00 bits per heavy atom. The first-order valence-corrected chi connectivity index (χ1v) is 8.14. The summed E-state index contributed by atoms with van der Waals surface area (Å²) in [5, 5.41) is 5.29. The molecule has 2 aromatic rings. The van der Waals surface area contributed by atoms with Crippen LogP contribution in [-0.4, -0.2) is 6.04 Å². The molecule has 0 bridgehead atoms. The Labute approximate surface area is 136 Å². The molecule has 1 aliphatic rings. The minimum atomic E-state index is 0.360. The summed E-state index contributed by atoms with van der Waals surface area (Å²) in [5.41, 5.74) is 2.69. The van der Waals surface area contributed by atoms with Crippen molar-refractivity contribution >= 4 is 23.2 Å². The van der Waals surface area contributed by atoms with Gasteiger partial charge >= 0.3 is 0 Å². The molecule has 1 atom stereocenters. The maximum Gasteiger partial charge on any atom is 0.0406 e. The molecule has 2 aromatic carbocycles. The summed E-state index contributed by atoms with van der Waals surface area (Å²) in [5.74, 6) is 0.664. The highest BCUT2D eigenvalue weighted by atomic mass is 35.5. The first-order valence-electron chi connectivity index (χ1n) is 7.39. The van der Waals surface area contributed by atoms with Crippen LogP contribution >= 0.6 is 23.2 Å². The van der Waals surface area contributed by atoms with E-state index in [1.165, 1.54) is 24.0 Å². The quantitative estimate of drug-likeness (QED) is 0.774. The van der Waals surface area contributed by atoms with Crippen molar-refractivity contribution in [2.45, 2.75) is 37.8 Å². The second kappa shape index (κ2) is 6.39. The molecular formula is C18H19Cl2N. The van der Waals surface area contributed by atoms with E-state index in [9.17, 15) is 0 Å². The summed E-state index contributed by atoms with van der Waals surface area (Å²) in [7, 11) is 0. The molecule has 3 rings (SSSR count). The molecule has 0 unspecified atom stereocenters. The predicted octanol–water partition coefficient (Wildman–Crippen LogP) is 5.59. The molecule has 0 heterocycles. The summed E-state index contributed by atoms with van der Waals surface area (Å²) < 4.78 is 0.